The van der Waals surface area contributed by atoms with E-state index >= 15 is 0 Å². The predicted octanol–water partition coefficient (Wildman–Crippen LogP) is 0.825. The van der Waals surface area contributed by atoms with Crippen molar-refractivity contribution in [1.82, 2.24) is 0 Å². The van der Waals surface area contributed by atoms with Crippen LogP contribution < -0.4 is 11.5 Å². The molecule has 0 saturated heterocycles. The van der Waals surface area contributed by atoms with Crippen LogP contribution in [0, 0.1) is 0 Å². The SMILES string of the molecule is C\C=C/C=N/N=C(N)\C(N)=N/N=C/C=C/C. The molecule has 0 aliphatic rings. The van der Waals surface area contributed by atoms with Crippen molar-refractivity contribution in [2.24, 2.45) is 31.9 Å². The molecule has 0 amide bonds. The number of rotatable bonds is 4. The maximum absolute atomic E-state index is 5.48. The van der Waals surface area contributed by atoms with E-state index in [0.717, 1.165) is 0 Å². The summed E-state index contributed by atoms with van der Waals surface area (Å²) < 4.78 is 0. The molecule has 0 aliphatic carbocycles. The second-order valence-electron chi connectivity index (χ2n) is 2.55. The second-order valence-corrected chi connectivity index (χ2v) is 2.55. The van der Waals surface area contributed by atoms with Crippen molar-refractivity contribution in [3.05, 3.63) is 24.3 Å². The maximum Gasteiger partial charge on any atom is 0.190 e. The lowest BCUT2D eigenvalue weighted by molar-refractivity contribution is 1.21. The molecule has 0 aromatic rings. The van der Waals surface area contributed by atoms with Gasteiger partial charge in [-0.3, -0.25) is 0 Å². The van der Waals surface area contributed by atoms with Crippen molar-refractivity contribution in [2.45, 2.75) is 13.8 Å². The zero-order valence-electron chi connectivity index (χ0n) is 9.41. The fourth-order valence-corrected chi connectivity index (χ4v) is 0.543. The van der Waals surface area contributed by atoms with Gasteiger partial charge < -0.3 is 11.5 Å². The average molecular weight is 220 g/mol. The van der Waals surface area contributed by atoms with E-state index in [-0.39, 0.29) is 11.7 Å². The molecule has 0 bridgehead atoms. The van der Waals surface area contributed by atoms with Gasteiger partial charge in [0.2, 0.25) is 0 Å². The van der Waals surface area contributed by atoms with Gasteiger partial charge in [-0.05, 0) is 26.0 Å². The van der Waals surface area contributed by atoms with Crippen LogP contribution in [0.3, 0.4) is 0 Å². The van der Waals surface area contributed by atoms with Crippen LogP contribution in [0.5, 0.6) is 0 Å². The Hall–Kier alpha value is -2.24. The van der Waals surface area contributed by atoms with E-state index in [0.29, 0.717) is 0 Å². The first-order valence-corrected chi connectivity index (χ1v) is 4.68. The van der Waals surface area contributed by atoms with E-state index in [1.54, 1.807) is 12.2 Å². The lowest BCUT2D eigenvalue weighted by Crippen LogP contribution is -2.30. The van der Waals surface area contributed by atoms with Crippen LogP contribution in [0.25, 0.3) is 0 Å². The molecule has 0 aliphatic heterocycles. The molecule has 86 valence electrons. The first-order valence-electron chi connectivity index (χ1n) is 4.68. The lowest BCUT2D eigenvalue weighted by atomic mass is 10.5. The van der Waals surface area contributed by atoms with Gasteiger partial charge in [0.1, 0.15) is 0 Å². The average Bonchev–Trinajstić information content (AvgIpc) is 2.29. The predicted molar refractivity (Wildman–Crippen MR) is 69.9 cm³/mol. The highest BCUT2D eigenvalue weighted by Gasteiger charge is 1.96. The molecule has 0 radical (unpaired) electrons. The molecule has 0 atom stereocenters. The Morgan fingerprint density at radius 3 is 1.50 bits per heavy atom. The van der Waals surface area contributed by atoms with Crippen molar-refractivity contribution in [3.8, 4) is 0 Å². The van der Waals surface area contributed by atoms with Gasteiger partial charge in [0.15, 0.2) is 11.7 Å². The molecule has 0 unspecified atom stereocenters. The van der Waals surface area contributed by atoms with Crippen LogP contribution in [0.2, 0.25) is 0 Å². The second kappa shape index (κ2) is 9.32. The first-order chi connectivity index (χ1) is 7.72. The highest BCUT2D eigenvalue weighted by atomic mass is 15.3. The topological polar surface area (TPSA) is 101 Å². The molecule has 16 heavy (non-hydrogen) atoms. The third-order valence-corrected chi connectivity index (χ3v) is 1.28. The van der Waals surface area contributed by atoms with Gasteiger partial charge in [-0.15, -0.1) is 10.2 Å². The third-order valence-electron chi connectivity index (χ3n) is 1.28. The standard InChI is InChI=1S/C10H16N6/c1-3-5-7-13-15-9(11)10(12)16-14-8-6-4-2/h3-8H,1-2H3,(H2,11,15)(H2,12,16)/b5-3-,6-4+,13-7+,14-8+. The minimum Gasteiger partial charge on any atom is -0.379 e. The minimum atomic E-state index is 0.0263. The fraction of sp³-hybridized carbons (Fsp3) is 0.200. The van der Waals surface area contributed by atoms with Crippen LogP contribution in [0.4, 0.5) is 0 Å². The summed E-state index contributed by atoms with van der Waals surface area (Å²) in [5, 5.41) is 14.6. The summed E-state index contributed by atoms with van der Waals surface area (Å²) in [6.07, 6.45) is 10.0. The van der Waals surface area contributed by atoms with E-state index in [1.807, 2.05) is 26.0 Å². The Labute approximate surface area is 94.8 Å². The number of amidine groups is 2. The summed E-state index contributed by atoms with van der Waals surface area (Å²) in [5.74, 6) is 0.0526. The van der Waals surface area contributed by atoms with Crippen LogP contribution in [0.1, 0.15) is 13.8 Å². The third kappa shape index (κ3) is 7.19. The number of hydrogen-bond acceptors (Lipinski definition) is 4. The lowest BCUT2D eigenvalue weighted by Gasteiger charge is -1.92. The molecule has 0 fully saturated rings. The number of allylic oxidation sites excluding steroid dienone is 4. The fourth-order valence-electron chi connectivity index (χ4n) is 0.543. The molecule has 6 heteroatoms. The van der Waals surface area contributed by atoms with Crippen LogP contribution >= 0.6 is 0 Å². The normalized spacial score (nSPS) is 15.1. The zero-order valence-corrected chi connectivity index (χ0v) is 9.41. The summed E-state index contributed by atoms with van der Waals surface area (Å²) in [5.41, 5.74) is 11.0. The zero-order chi connectivity index (χ0) is 12.2. The molecule has 0 aromatic carbocycles. The largest absolute Gasteiger partial charge is 0.379 e. The smallest absolute Gasteiger partial charge is 0.190 e. The Balaban J connectivity index is 4.41. The van der Waals surface area contributed by atoms with Gasteiger partial charge in [-0.1, -0.05) is 12.2 Å². The van der Waals surface area contributed by atoms with Crippen LogP contribution in [-0.4, -0.2) is 24.1 Å². The Morgan fingerprint density at radius 1 is 0.812 bits per heavy atom. The van der Waals surface area contributed by atoms with Gasteiger partial charge in [0.25, 0.3) is 0 Å². The van der Waals surface area contributed by atoms with Gasteiger partial charge in [-0.25, -0.2) is 0 Å². The molecule has 6 nitrogen and oxygen atoms in total. The van der Waals surface area contributed by atoms with E-state index in [4.69, 9.17) is 11.5 Å². The Bertz CT molecular complexity index is 324. The highest BCUT2D eigenvalue weighted by molar-refractivity contribution is 6.39. The van der Waals surface area contributed by atoms with Crippen molar-refractivity contribution in [3.63, 3.8) is 0 Å². The summed E-state index contributed by atoms with van der Waals surface area (Å²) in [7, 11) is 0. The van der Waals surface area contributed by atoms with Crippen molar-refractivity contribution in [1.29, 1.82) is 0 Å². The summed E-state index contributed by atoms with van der Waals surface area (Å²) in [6, 6.07) is 0. The van der Waals surface area contributed by atoms with E-state index in [9.17, 15) is 0 Å². The first kappa shape index (κ1) is 13.8. The summed E-state index contributed by atoms with van der Waals surface area (Å²) in [4.78, 5) is 0. The molecule has 0 saturated carbocycles. The summed E-state index contributed by atoms with van der Waals surface area (Å²) >= 11 is 0. The van der Waals surface area contributed by atoms with Gasteiger partial charge >= 0.3 is 0 Å². The number of nitrogens with zero attached hydrogens (tertiary/aromatic N) is 4. The number of nitrogens with two attached hydrogens (primary N) is 2. The van der Waals surface area contributed by atoms with Crippen molar-refractivity contribution in [2.75, 3.05) is 0 Å². The Morgan fingerprint density at radius 2 is 1.19 bits per heavy atom. The minimum absolute atomic E-state index is 0.0263. The van der Waals surface area contributed by atoms with Crippen molar-refractivity contribution < 1.29 is 0 Å². The maximum atomic E-state index is 5.48. The molecule has 0 spiro atoms. The summed E-state index contributed by atoms with van der Waals surface area (Å²) in [6.45, 7) is 3.73. The van der Waals surface area contributed by atoms with E-state index in [1.165, 1.54) is 12.4 Å². The quantitative estimate of drug-likeness (QED) is 0.416. The van der Waals surface area contributed by atoms with E-state index in [2.05, 4.69) is 20.4 Å². The molecule has 0 rings (SSSR count). The van der Waals surface area contributed by atoms with Crippen LogP contribution in [-0.2, 0) is 0 Å². The molecular weight excluding hydrogens is 204 g/mol. The van der Waals surface area contributed by atoms with Crippen LogP contribution in [0.15, 0.2) is 44.7 Å². The van der Waals surface area contributed by atoms with Gasteiger partial charge in [0, 0.05) is 12.4 Å². The van der Waals surface area contributed by atoms with E-state index < -0.39 is 0 Å². The molecular formula is C10H16N6. The molecule has 0 heterocycles. The molecule has 0 aromatic heterocycles. The van der Waals surface area contributed by atoms with Crippen molar-refractivity contribution >= 4 is 24.1 Å². The Kier molecular flexibility index (Phi) is 8.02. The highest BCUT2D eigenvalue weighted by Crippen LogP contribution is 1.78. The van der Waals surface area contributed by atoms with Gasteiger partial charge in [-0.2, -0.15) is 10.2 Å². The van der Waals surface area contributed by atoms with Gasteiger partial charge in [0.05, 0.1) is 0 Å². The number of hydrogen-bond donors (Lipinski definition) is 2. The molecule has 4 N–H and O–H groups in total. The monoisotopic (exact) mass is 220 g/mol.